The van der Waals surface area contributed by atoms with Gasteiger partial charge in [0.2, 0.25) is 5.91 Å². The Kier molecular flexibility index (Phi) is 3.13. The van der Waals surface area contributed by atoms with Gasteiger partial charge in [0.15, 0.2) is 0 Å². The van der Waals surface area contributed by atoms with E-state index in [2.05, 4.69) is 31.3 Å². The van der Waals surface area contributed by atoms with E-state index < -0.39 is 0 Å². The molecule has 2 aliphatic heterocycles. The van der Waals surface area contributed by atoms with E-state index in [1.54, 1.807) is 11.3 Å². The number of carbonyl (C=O) groups excluding carboxylic acids is 1. The SMILES string of the molecule is Cc1ccc(C2NCC(=O)N2C2CCOC2C)s1. The Morgan fingerprint density at radius 2 is 2.33 bits per heavy atom. The van der Waals surface area contributed by atoms with E-state index in [4.69, 9.17) is 4.74 Å². The molecule has 1 N–H and O–H groups in total. The Balaban J connectivity index is 1.87. The lowest BCUT2D eigenvalue weighted by molar-refractivity contribution is -0.131. The Bertz CT molecular complexity index is 460. The third-order valence-electron chi connectivity index (χ3n) is 3.74. The van der Waals surface area contributed by atoms with Crippen molar-refractivity contribution in [2.24, 2.45) is 0 Å². The predicted octanol–water partition coefficient (Wildman–Crippen LogP) is 1.66. The average Bonchev–Trinajstić information content (AvgIpc) is 3.00. The highest BCUT2D eigenvalue weighted by Crippen LogP contribution is 2.33. The van der Waals surface area contributed by atoms with Gasteiger partial charge in [0, 0.05) is 16.4 Å². The third kappa shape index (κ3) is 1.96. The second-order valence-corrected chi connectivity index (χ2v) is 6.28. The molecule has 1 aromatic heterocycles. The molecule has 2 saturated heterocycles. The number of amides is 1. The van der Waals surface area contributed by atoms with Crippen LogP contribution in [0.1, 0.15) is 29.3 Å². The highest BCUT2D eigenvalue weighted by Gasteiger charge is 2.41. The fraction of sp³-hybridized carbons (Fsp3) is 0.615. The first-order chi connectivity index (χ1) is 8.66. The molecule has 4 nitrogen and oxygen atoms in total. The van der Waals surface area contributed by atoms with Gasteiger partial charge in [-0.1, -0.05) is 0 Å². The number of aryl methyl sites for hydroxylation is 1. The van der Waals surface area contributed by atoms with Gasteiger partial charge >= 0.3 is 0 Å². The summed E-state index contributed by atoms with van der Waals surface area (Å²) >= 11 is 1.75. The Morgan fingerprint density at radius 1 is 1.50 bits per heavy atom. The van der Waals surface area contributed by atoms with Crippen molar-refractivity contribution in [3.63, 3.8) is 0 Å². The highest BCUT2D eigenvalue weighted by atomic mass is 32.1. The van der Waals surface area contributed by atoms with Gasteiger partial charge in [-0.05, 0) is 32.4 Å². The topological polar surface area (TPSA) is 41.6 Å². The van der Waals surface area contributed by atoms with Crippen LogP contribution in [-0.2, 0) is 9.53 Å². The van der Waals surface area contributed by atoms with E-state index >= 15 is 0 Å². The molecule has 3 heterocycles. The van der Waals surface area contributed by atoms with Gasteiger partial charge in [0.25, 0.3) is 0 Å². The van der Waals surface area contributed by atoms with Gasteiger partial charge in [-0.15, -0.1) is 11.3 Å². The van der Waals surface area contributed by atoms with E-state index in [0.717, 1.165) is 13.0 Å². The van der Waals surface area contributed by atoms with E-state index in [-0.39, 0.29) is 24.2 Å². The number of hydrogen-bond acceptors (Lipinski definition) is 4. The quantitative estimate of drug-likeness (QED) is 0.885. The molecule has 3 unspecified atom stereocenters. The number of rotatable bonds is 2. The number of carbonyl (C=O) groups is 1. The Morgan fingerprint density at radius 3 is 2.94 bits per heavy atom. The van der Waals surface area contributed by atoms with Crippen molar-refractivity contribution in [2.75, 3.05) is 13.2 Å². The zero-order valence-electron chi connectivity index (χ0n) is 10.7. The van der Waals surface area contributed by atoms with Crippen LogP contribution in [0.3, 0.4) is 0 Å². The number of nitrogens with zero attached hydrogens (tertiary/aromatic N) is 1. The van der Waals surface area contributed by atoms with Crippen LogP contribution < -0.4 is 5.32 Å². The van der Waals surface area contributed by atoms with Crippen LogP contribution in [0.4, 0.5) is 0 Å². The van der Waals surface area contributed by atoms with Crippen LogP contribution >= 0.6 is 11.3 Å². The maximum atomic E-state index is 12.1. The van der Waals surface area contributed by atoms with Crippen molar-refractivity contribution >= 4 is 17.2 Å². The maximum Gasteiger partial charge on any atom is 0.238 e. The second kappa shape index (κ2) is 4.64. The molecule has 0 bridgehead atoms. The molecule has 0 radical (unpaired) electrons. The summed E-state index contributed by atoms with van der Waals surface area (Å²) in [5, 5.41) is 3.31. The first-order valence-electron chi connectivity index (χ1n) is 6.39. The first-order valence-corrected chi connectivity index (χ1v) is 7.21. The molecular weight excluding hydrogens is 248 g/mol. The van der Waals surface area contributed by atoms with Crippen molar-refractivity contribution < 1.29 is 9.53 Å². The molecule has 3 atom stereocenters. The standard InChI is InChI=1S/C13H18N2O2S/c1-8-3-4-11(18-8)13-14-7-12(16)15(13)10-5-6-17-9(10)2/h3-4,9-10,13-14H,5-7H2,1-2H3. The smallest absolute Gasteiger partial charge is 0.238 e. The van der Waals surface area contributed by atoms with Crippen LogP contribution in [0.5, 0.6) is 0 Å². The fourth-order valence-corrected chi connectivity index (χ4v) is 3.77. The Hall–Kier alpha value is -0.910. The first kappa shape index (κ1) is 12.1. The number of hydrogen-bond donors (Lipinski definition) is 1. The summed E-state index contributed by atoms with van der Waals surface area (Å²) in [5.41, 5.74) is 0. The van der Waals surface area contributed by atoms with E-state index in [0.29, 0.717) is 6.54 Å². The minimum atomic E-state index is 0.0327. The van der Waals surface area contributed by atoms with Crippen molar-refractivity contribution in [2.45, 2.75) is 38.6 Å². The molecule has 0 spiro atoms. The molecule has 18 heavy (non-hydrogen) atoms. The molecule has 0 saturated carbocycles. The molecule has 98 valence electrons. The van der Waals surface area contributed by atoms with E-state index in [1.807, 2.05) is 4.90 Å². The van der Waals surface area contributed by atoms with Crippen molar-refractivity contribution in [3.05, 3.63) is 21.9 Å². The molecule has 2 fully saturated rings. The van der Waals surface area contributed by atoms with Gasteiger partial charge in [0.1, 0.15) is 6.17 Å². The van der Waals surface area contributed by atoms with Crippen LogP contribution in [-0.4, -0.2) is 36.1 Å². The van der Waals surface area contributed by atoms with Gasteiger partial charge in [-0.3, -0.25) is 10.1 Å². The summed E-state index contributed by atoms with van der Waals surface area (Å²) in [6, 6.07) is 4.43. The lowest BCUT2D eigenvalue weighted by Gasteiger charge is -2.31. The van der Waals surface area contributed by atoms with Crippen molar-refractivity contribution in [1.29, 1.82) is 0 Å². The zero-order chi connectivity index (χ0) is 12.7. The minimum Gasteiger partial charge on any atom is -0.376 e. The number of ether oxygens (including phenoxy) is 1. The van der Waals surface area contributed by atoms with Crippen LogP contribution in [0.15, 0.2) is 12.1 Å². The van der Waals surface area contributed by atoms with Crippen LogP contribution in [0.2, 0.25) is 0 Å². The summed E-state index contributed by atoms with van der Waals surface area (Å²) < 4.78 is 5.60. The molecule has 1 amide bonds. The summed E-state index contributed by atoms with van der Waals surface area (Å²) in [6.07, 6.45) is 1.11. The summed E-state index contributed by atoms with van der Waals surface area (Å²) in [5.74, 6) is 0.188. The molecular formula is C13H18N2O2S. The lowest BCUT2D eigenvalue weighted by Crippen LogP contribution is -2.43. The van der Waals surface area contributed by atoms with Crippen LogP contribution in [0, 0.1) is 6.92 Å². The molecule has 1 aromatic rings. The summed E-state index contributed by atoms with van der Waals surface area (Å²) in [4.78, 5) is 16.6. The third-order valence-corrected chi connectivity index (χ3v) is 4.79. The number of thiophene rings is 1. The van der Waals surface area contributed by atoms with Crippen LogP contribution in [0.25, 0.3) is 0 Å². The normalized spacial score (nSPS) is 32.4. The molecule has 3 rings (SSSR count). The maximum absolute atomic E-state index is 12.1. The Labute approximate surface area is 111 Å². The largest absolute Gasteiger partial charge is 0.376 e. The number of nitrogens with one attached hydrogen (secondary N) is 1. The monoisotopic (exact) mass is 266 g/mol. The predicted molar refractivity (Wildman–Crippen MR) is 70.5 cm³/mol. The highest BCUT2D eigenvalue weighted by molar-refractivity contribution is 7.12. The minimum absolute atomic E-state index is 0.0327. The van der Waals surface area contributed by atoms with E-state index in [9.17, 15) is 4.79 Å². The fourth-order valence-electron chi connectivity index (χ4n) is 2.82. The van der Waals surface area contributed by atoms with Crippen molar-refractivity contribution in [1.82, 2.24) is 10.2 Å². The summed E-state index contributed by atoms with van der Waals surface area (Å²) in [6.45, 7) is 5.34. The lowest BCUT2D eigenvalue weighted by atomic mass is 10.1. The second-order valence-electron chi connectivity index (χ2n) is 4.96. The average molecular weight is 266 g/mol. The van der Waals surface area contributed by atoms with E-state index in [1.165, 1.54) is 9.75 Å². The molecule has 5 heteroatoms. The van der Waals surface area contributed by atoms with Crippen molar-refractivity contribution in [3.8, 4) is 0 Å². The molecule has 0 aliphatic carbocycles. The van der Waals surface area contributed by atoms with Gasteiger partial charge < -0.3 is 9.64 Å². The van der Waals surface area contributed by atoms with Gasteiger partial charge in [-0.2, -0.15) is 0 Å². The van der Waals surface area contributed by atoms with Gasteiger partial charge in [-0.25, -0.2) is 0 Å². The van der Waals surface area contributed by atoms with Gasteiger partial charge in [0.05, 0.1) is 18.7 Å². The molecule has 2 aliphatic rings. The molecule has 0 aromatic carbocycles. The summed E-state index contributed by atoms with van der Waals surface area (Å²) in [7, 11) is 0. The zero-order valence-corrected chi connectivity index (χ0v) is 11.5.